The maximum Gasteiger partial charge on any atom is 0.0775 e. The predicted molar refractivity (Wildman–Crippen MR) is 78.1 cm³/mol. The second kappa shape index (κ2) is 7.46. The summed E-state index contributed by atoms with van der Waals surface area (Å²) in [5.41, 5.74) is -0.0951. The molecule has 0 aromatic carbocycles. The standard InChI is InChI=1S/C15H32N2O/c1-15(2,18-5)14(16-3)11-12-17(4)13-9-7-6-8-10-13/h13-14,16H,6-12H2,1-5H3. The van der Waals surface area contributed by atoms with Crippen LogP contribution in [0.5, 0.6) is 0 Å². The van der Waals surface area contributed by atoms with Gasteiger partial charge in [0.15, 0.2) is 0 Å². The highest BCUT2D eigenvalue weighted by Gasteiger charge is 2.28. The third-order valence-electron chi connectivity index (χ3n) is 4.68. The van der Waals surface area contributed by atoms with E-state index in [1.165, 1.54) is 32.1 Å². The fraction of sp³-hybridized carbons (Fsp3) is 1.00. The van der Waals surface area contributed by atoms with E-state index in [1.54, 1.807) is 7.11 Å². The molecular formula is C15H32N2O. The monoisotopic (exact) mass is 256 g/mol. The molecule has 3 heteroatoms. The van der Waals surface area contributed by atoms with E-state index in [1.807, 2.05) is 7.05 Å². The number of nitrogens with one attached hydrogen (secondary N) is 1. The Labute approximate surface area is 113 Å². The lowest BCUT2D eigenvalue weighted by molar-refractivity contribution is -0.0134. The molecule has 0 aromatic rings. The van der Waals surface area contributed by atoms with Gasteiger partial charge in [0.1, 0.15) is 0 Å². The molecule has 1 aliphatic carbocycles. The van der Waals surface area contributed by atoms with Gasteiger partial charge in [0, 0.05) is 19.2 Å². The van der Waals surface area contributed by atoms with Gasteiger partial charge in [-0.05, 0) is 53.8 Å². The van der Waals surface area contributed by atoms with Crippen LogP contribution in [0.2, 0.25) is 0 Å². The fourth-order valence-electron chi connectivity index (χ4n) is 3.02. The van der Waals surface area contributed by atoms with Crippen molar-refractivity contribution in [3.63, 3.8) is 0 Å². The summed E-state index contributed by atoms with van der Waals surface area (Å²) in [6, 6.07) is 1.22. The van der Waals surface area contributed by atoms with E-state index in [0.717, 1.165) is 19.0 Å². The van der Waals surface area contributed by atoms with Gasteiger partial charge in [0.2, 0.25) is 0 Å². The normalized spacial score (nSPS) is 20.3. The van der Waals surface area contributed by atoms with Gasteiger partial charge in [-0.3, -0.25) is 0 Å². The molecule has 1 aliphatic rings. The number of nitrogens with zero attached hydrogens (tertiary/aromatic N) is 1. The molecule has 0 amide bonds. The molecule has 1 fully saturated rings. The van der Waals surface area contributed by atoms with Crippen LogP contribution >= 0.6 is 0 Å². The smallest absolute Gasteiger partial charge is 0.0775 e. The fourth-order valence-corrected chi connectivity index (χ4v) is 3.02. The lowest BCUT2D eigenvalue weighted by atomic mass is 9.92. The van der Waals surface area contributed by atoms with Gasteiger partial charge in [-0.25, -0.2) is 0 Å². The van der Waals surface area contributed by atoms with Crippen LogP contribution in [-0.4, -0.2) is 50.3 Å². The topological polar surface area (TPSA) is 24.5 Å². The van der Waals surface area contributed by atoms with Crippen molar-refractivity contribution in [2.75, 3.05) is 27.7 Å². The minimum atomic E-state index is -0.0951. The van der Waals surface area contributed by atoms with Crippen LogP contribution in [0.25, 0.3) is 0 Å². The molecule has 108 valence electrons. The van der Waals surface area contributed by atoms with Crippen LogP contribution in [0.3, 0.4) is 0 Å². The summed E-state index contributed by atoms with van der Waals surface area (Å²) in [5.74, 6) is 0. The Kier molecular flexibility index (Phi) is 6.61. The van der Waals surface area contributed by atoms with Crippen molar-refractivity contribution >= 4 is 0 Å². The molecule has 1 saturated carbocycles. The number of rotatable bonds is 7. The summed E-state index contributed by atoms with van der Waals surface area (Å²) in [6.07, 6.45) is 8.16. The van der Waals surface area contributed by atoms with Gasteiger partial charge in [0.25, 0.3) is 0 Å². The SMILES string of the molecule is CNC(CCN(C)C1CCCCC1)C(C)(C)OC. The average Bonchev–Trinajstić information content (AvgIpc) is 2.40. The zero-order chi connectivity index (χ0) is 13.6. The Morgan fingerprint density at radius 2 is 1.89 bits per heavy atom. The molecule has 1 unspecified atom stereocenters. The molecule has 0 aromatic heterocycles. The Morgan fingerprint density at radius 3 is 2.39 bits per heavy atom. The maximum absolute atomic E-state index is 5.59. The lowest BCUT2D eigenvalue weighted by Gasteiger charge is -2.36. The molecule has 1 N–H and O–H groups in total. The zero-order valence-electron chi connectivity index (χ0n) is 13.0. The van der Waals surface area contributed by atoms with Crippen molar-refractivity contribution in [3.8, 4) is 0 Å². The minimum absolute atomic E-state index is 0.0951. The molecule has 3 nitrogen and oxygen atoms in total. The minimum Gasteiger partial charge on any atom is -0.377 e. The summed E-state index contributed by atoms with van der Waals surface area (Å²) in [4.78, 5) is 2.55. The Balaban J connectivity index is 2.37. The second-order valence-electron chi connectivity index (χ2n) is 6.21. The first-order valence-electron chi connectivity index (χ1n) is 7.44. The van der Waals surface area contributed by atoms with E-state index < -0.39 is 0 Å². The van der Waals surface area contributed by atoms with Crippen molar-refractivity contribution in [2.24, 2.45) is 0 Å². The van der Waals surface area contributed by atoms with Crippen LogP contribution in [0.15, 0.2) is 0 Å². The second-order valence-corrected chi connectivity index (χ2v) is 6.21. The maximum atomic E-state index is 5.59. The van der Waals surface area contributed by atoms with Crippen molar-refractivity contribution in [1.29, 1.82) is 0 Å². The van der Waals surface area contributed by atoms with Crippen LogP contribution in [0.1, 0.15) is 52.4 Å². The van der Waals surface area contributed by atoms with E-state index in [4.69, 9.17) is 4.74 Å². The number of hydrogen-bond donors (Lipinski definition) is 1. The van der Waals surface area contributed by atoms with Gasteiger partial charge < -0.3 is 15.0 Å². The highest BCUT2D eigenvalue weighted by Crippen LogP contribution is 2.23. The predicted octanol–water partition coefficient (Wildman–Crippen LogP) is 2.65. The molecule has 0 bridgehead atoms. The quantitative estimate of drug-likeness (QED) is 0.758. The Morgan fingerprint density at radius 1 is 1.28 bits per heavy atom. The first-order valence-corrected chi connectivity index (χ1v) is 7.44. The molecule has 0 saturated heterocycles. The molecule has 1 rings (SSSR count). The van der Waals surface area contributed by atoms with Gasteiger partial charge in [-0.2, -0.15) is 0 Å². The Hall–Kier alpha value is -0.120. The largest absolute Gasteiger partial charge is 0.377 e. The lowest BCUT2D eigenvalue weighted by Crippen LogP contribution is -2.48. The molecular weight excluding hydrogens is 224 g/mol. The molecule has 0 spiro atoms. The van der Waals surface area contributed by atoms with Gasteiger partial charge in [-0.1, -0.05) is 19.3 Å². The van der Waals surface area contributed by atoms with Crippen LogP contribution in [-0.2, 0) is 4.74 Å². The van der Waals surface area contributed by atoms with E-state index in [0.29, 0.717) is 6.04 Å². The van der Waals surface area contributed by atoms with Crippen LogP contribution < -0.4 is 5.32 Å². The summed E-state index contributed by atoms with van der Waals surface area (Å²) >= 11 is 0. The third kappa shape index (κ3) is 4.52. The highest BCUT2D eigenvalue weighted by molar-refractivity contribution is 4.85. The highest BCUT2D eigenvalue weighted by atomic mass is 16.5. The number of likely N-dealkylation sites (N-methyl/N-ethyl adjacent to an activating group) is 1. The van der Waals surface area contributed by atoms with Crippen LogP contribution in [0, 0.1) is 0 Å². The van der Waals surface area contributed by atoms with Crippen molar-refractivity contribution < 1.29 is 4.74 Å². The van der Waals surface area contributed by atoms with E-state index in [2.05, 4.69) is 31.1 Å². The summed E-state index contributed by atoms with van der Waals surface area (Å²) < 4.78 is 5.59. The van der Waals surface area contributed by atoms with E-state index in [9.17, 15) is 0 Å². The van der Waals surface area contributed by atoms with E-state index >= 15 is 0 Å². The van der Waals surface area contributed by atoms with Crippen molar-refractivity contribution in [1.82, 2.24) is 10.2 Å². The Bertz CT molecular complexity index is 225. The molecule has 0 radical (unpaired) electrons. The zero-order valence-corrected chi connectivity index (χ0v) is 13.0. The van der Waals surface area contributed by atoms with E-state index in [-0.39, 0.29) is 5.60 Å². The van der Waals surface area contributed by atoms with Crippen molar-refractivity contribution in [2.45, 2.75) is 70.1 Å². The first-order chi connectivity index (χ1) is 8.51. The molecule has 18 heavy (non-hydrogen) atoms. The van der Waals surface area contributed by atoms with Gasteiger partial charge in [0.05, 0.1) is 5.60 Å². The summed E-state index contributed by atoms with van der Waals surface area (Å²) in [6.45, 7) is 5.48. The van der Waals surface area contributed by atoms with Gasteiger partial charge in [-0.15, -0.1) is 0 Å². The molecule has 1 atom stereocenters. The first kappa shape index (κ1) is 15.9. The van der Waals surface area contributed by atoms with Crippen molar-refractivity contribution in [3.05, 3.63) is 0 Å². The summed E-state index contributed by atoms with van der Waals surface area (Å²) in [5, 5.41) is 3.40. The third-order valence-corrected chi connectivity index (χ3v) is 4.68. The molecule has 0 aliphatic heterocycles. The van der Waals surface area contributed by atoms with Gasteiger partial charge >= 0.3 is 0 Å². The number of hydrogen-bond acceptors (Lipinski definition) is 3. The average molecular weight is 256 g/mol. The summed E-state index contributed by atoms with van der Waals surface area (Å²) in [7, 11) is 6.11. The molecule has 0 heterocycles. The number of methoxy groups -OCH3 is 1. The number of ether oxygens (including phenoxy) is 1. The van der Waals surface area contributed by atoms with Crippen LogP contribution in [0.4, 0.5) is 0 Å².